The molecule has 0 unspecified atom stereocenters. The summed E-state index contributed by atoms with van der Waals surface area (Å²) in [5.41, 5.74) is 0.594. The predicted molar refractivity (Wildman–Crippen MR) is 74.6 cm³/mol. The molecule has 1 aromatic carbocycles. The van der Waals surface area contributed by atoms with Crippen LogP contribution in [0, 0.1) is 5.82 Å². The maximum Gasteiger partial charge on any atom is 0.334 e. The molecule has 3 rings (SSSR count). The molecule has 1 N–H and O–H groups in total. The van der Waals surface area contributed by atoms with E-state index < -0.39 is 18.0 Å². The molecular weight excluding hydrogens is 307 g/mol. The van der Waals surface area contributed by atoms with E-state index in [9.17, 15) is 14.0 Å². The molecule has 0 spiro atoms. The Balaban J connectivity index is 1.75. The number of hydrogen-bond acceptors (Lipinski definition) is 5. The fourth-order valence-corrected chi connectivity index (χ4v) is 2.21. The molecule has 1 aliphatic rings. The lowest BCUT2D eigenvalue weighted by molar-refractivity contribution is -0.154. The van der Waals surface area contributed by atoms with Crippen molar-refractivity contribution in [3.05, 3.63) is 42.0 Å². The molecule has 2 aromatic rings. The Labute approximate surface area is 130 Å². The van der Waals surface area contributed by atoms with Gasteiger partial charge in [0.15, 0.2) is 11.8 Å². The summed E-state index contributed by atoms with van der Waals surface area (Å²) in [6.07, 6.45) is 0.247. The number of aliphatic carboxylic acids is 1. The van der Waals surface area contributed by atoms with Crippen LogP contribution in [0.4, 0.5) is 4.39 Å². The van der Waals surface area contributed by atoms with Gasteiger partial charge in [-0.3, -0.25) is 4.79 Å². The monoisotopic (exact) mass is 320 g/mol. The fraction of sp³-hybridized carbons (Fsp3) is 0.286. The van der Waals surface area contributed by atoms with E-state index in [4.69, 9.17) is 9.84 Å². The van der Waals surface area contributed by atoms with Crippen molar-refractivity contribution in [1.29, 1.82) is 0 Å². The Kier molecular flexibility index (Phi) is 4.02. The minimum absolute atomic E-state index is 0.0441. The van der Waals surface area contributed by atoms with E-state index in [0.29, 0.717) is 5.69 Å². The lowest BCUT2D eigenvalue weighted by Crippen LogP contribution is -2.48. The van der Waals surface area contributed by atoms with Crippen molar-refractivity contribution in [2.24, 2.45) is 0 Å². The van der Waals surface area contributed by atoms with Crippen molar-refractivity contribution < 1.29 is 23.8 Å². The zero-order valence-corrected chi connectivity index (χ0v) is 11.9. The van der Waals surface area contributed by atoms with E-state index in [2.05, 4.69) is 10.2 Å². The quantitative estimate of drug-likeness (QED) is 0.875. The molecule has 1 amide bonds. The highest BCUT2D eigenvalue weighted by molar-refractivity contribution is 5.92. The van der Waals surface area contributed by atoms with Gasteiger partial charge in [-0.25, -0.2) is 9.18 Å². The summed E-state index contributed by atoms with van der Waals surface area (Å²) in [4.78, 5) is 25.9. The van der Waals surface area contributed by atoms with Gasteiger partial charge in [-0.1, -0.05) is 0 Å². The van der Waals surface area contributed by atoms with Crippen LogP contribution in [0.2, 0.25) is 0 Å². The maximum atomic E-state index is 12.9. The molecule has 0 aliphatic carbocycles. The molecule has 9 heteroatoms. The van der Waals surface area contributed by atoms with Gasteiger partial charge in [0.2, 0.25) is 0 Å². The van der Waals surface area contributed by atoms with E-state index in [1.54, 1.807) is 0 Å². The number of benzene rings is 1. The highest BCUT2D eigenvalue weighted by atomic mass is 19.1. The summed E-state index contributed by atoms with van der Waals surface area (Å²) in [5.74, 6) is -1.92. The first kappa shape index (κ1) is 15.1. The average molecular weight is 320 g/mol. The molecule has 1 saturated heterocycles. The van der Waals surface area contributed by atoms with Crippen molar-refractivity contribution in [2.45, 2.75) is 6.10 Å². The Morgan fingerprint density at radius 3 is 2.74 bits per heavy atom. The normalized spacial score (nSPS) is 18.0. The minimum Gasteiger partial charge on any atom is -0.479 e. The van der Waals surface area contributed by atoms with Crippen LogP contribution in [-0.2, 0) is 9.53 Å². The van der Waals surface area contributed by atoms with Gasteiger partial charge in [0.05, 0.1) is 25.0 Å². The molecule has 1 atom stereocenters. The number of carboxylic acid groups (broad SMARTS) is 1. The second-order valence-corrected chi connectivity index (χ2v) is 4.94. The number of hydrogen-bond donors (Lipinski definition) is 1. The van der Waals surface area contributed by atoms with Crippen LogP contribution in [0.25, 0.3) is 5.69 Å². The number of amides is 1. The predicted octanol–water partition coefficient (Wildman–Crippen LogP) is 0.332. The summed E-state index contributed by atoms with van der Waals surface area (Å²) in [6.45, 7) is 0.387. The zero-order chi connectivity index (χ0) is 16.4. The zero-order valence-electron chi connectivity index (χ0n) is 11.9. The Bertz CT molecular complexity index is 731. The number of morpholine rings is 1. The van der Waals surface area contributed by atoms with Gasteiger partial charge < -0.3 is 14.7 Å². The van der Waals surface area contributed by atoms with Crippen LogP contribution in [0.5, 0.6) is 0 Å². The molecule has 0 bridgehead atoms. The molecule has 0 radical (unpaired) electrons. The lowest BCUT2D eigenvalue weighted by Gasteiger charge is -2.30. The van der Waals surface area contributed by atoms with Gasteiger partial charge in [-0.15, -0.1) is 5.10 Å². The molecule has 0 saturated carbocycles. The molecule has 1 fully saturated rings. The summed E-state index contributed by atoms with van der Waals surface area (Å²) in [5, 5.41) is 17.0. The van der Waals surface area contributed by atoms with Crippen LogP contribution >= 0.6 is 0 Å². The first-order chi connectivity index (χ1) is 11.0. The number of carboxylic acids is 1. The van der Waals surface area contributed by atoms with E-state index in [1.807, 2.05) is 0 Å². The van der Waals surface area contributed by atoms with Crippen LogP contribution in [0.15, 0.2) is 30.5 Å². The molecule has 120 valence electrons. The van der Waals surface area contributed by atoms with Gasteiger partial charge in [0.1, 0.15) is 5.82 Å². The van der Waals surface area contributed by atoms with Crippen molar-refractivity contribution in [3.63, 3.8) is 0 Å². The number of halogens is 1. The van der Waals surface area contributed by atoms with Gasteiger partial charge in [0, 0.05) is 6.54 Å². The largest absolute Gasteiger partial charge is 0.479 e. The minimum atomic E-state index is -1.11. The SMILES string of the molecule is O=C(O)[C@H]1CN(C(=O)c2cnn(-c3ccc(F)cc3)n2)CCO1. The molecule has 2 heterocycles. The molecular formula is C14H13FN4O4. The highest BCUT2D eigenvalue weighted by Gasteiger charge is 2.30. The van der Waals surface area contributed by atoms with E-state index in [0.717, 1.165) is 0 Å². The Morgan fingerprint density at radius 1 is 1.30 bits per heavy atom. The second kappa shape index (κ2) is 6.13. The number of ether oxygens (including phenoxy) is 1. The lowest BCUT2D eigenvalue weighted by atomic mass is 10.2. The maximum absolute atomic E-state index is 12.9. The van der Waals surface area contributed by atoms with Crippen molar-refractivity contribution in [1.82, 2.24) is 19.9 Å². The van der Waals surface area contributed by atoms with Crippen LogP contribution < -0.4 is 0 Å². The van der Waals surface area contributed by atoms with Gasteiger partial charge in [0.25, 0.3) is 5.91 Å². The highest BCUT2D eigenvalue weighted by Crippen LogP contribution is 2.11. The van der Waals surface area contributed by atoms with Crippen LogP contribution in [-0.4, -0.2) is 62.7 Å². The summed E-state index contributed by atoms with van der Waals surface area (Å²) < 4.78 is 18.0. The van der Waals surface area contributed by atoms with Gasteiger partial charge >= 0.3 is 5.97 Å². The molecule has 8 nitrogen and oxygen atoms in total. The summed E-state index contributed by atoms with van der Waals surface area (Å²) >= 11 is 0. The number of carbonyl (C=O) groups is 2. The number of rotatable bonds is 3. The standard InChI is InChI=1S/C14H13FN4O4/c15-9-1-3-10(4-2-9)19-16-7-11(17-19)13(20)18-5-6-23-12(8-18)14(21)22/h1-4,7,12H,5-6,8H2,(H,21,22)/t12-/m1/s1. The van der Waals surface area contributed by atoms with Gasteiger partial charge in [-0.05, 0) is 24.3 Å². The smallest absolute Gasteiger partial charge is 0.334 e. The van der Waals surface area contributed by atoms with E-state index >= 15 is 0 Å². The van der Waals surface area contributed by atoms with Crippen molar-refractivity contribution in [2.75, 3.05) is 19.7 Å². The molecule has 1 aromatic heterocycles. The Hall–Kier alpha value is -2.81. The first-order valence-electron chi connectivity index (χ1n) is 6.86. The average Bonchev–Trinajstić information content (AvgIpc) is 3.05. The Morgan fingerprint density at radius 2 is 2.04 bits per heavy atom. The number of nitrogens with zero attached hydrogens (tertiary/aromatic N) is 4. The third-order valence-corrected chi connectivity index (χ3v) is 3.40. The third-order valence-electron chi connectivity index (χ3n) is 3.40. The number of aromatic nitrogens is 3. The summed E-state index contributed by atoms with van der Waals surface area (Å²) in [7, 11) is 0. The van der Waals surface area contributed by atoms with Gasteiger partial charge in [-0.2, -0.15) is 9.90 Å². The van der Waals surface area contributed by atoms with Crippen molar-refractivity contribution >= 4 is 11.9 Å². The third kappa shape index (κ3) is 3.19. The topological polar surface area (TPSA) is 97.6 Å². The second-order valence-electron chi connectivity index (χ2n) is 4.94. The molecule has 1 aliphatic heterocycles. The van der Waals surface area contributed by atoms with E-state index in [-0.39, 0.29) is 31.2 Å². The number of carbonyl (C=O) groups excluding carboxylic acids is 1. The van der Waals surface area contributed by atoms with E-state index in [1.165, 1.54) is 40.2 Å². The van der Waals surface area contributed by atoms with Crippen LogP contribution in [0.3, 0.4) is 0 Å². The first-order valence-corrected chi connectivity index (χ1v) is 6.86. The van der Waals surface area contributed by atoms with Crippen LogP contribution in [0.1, 0.15) is 10.5 Å². The molecule has 23 heavy (non-hydrogen) atoms. The van der Waals surface area contributed by atoms with Crippen molar-refractivity contribution in [3.8, 4) is 5.69 Å². The summed E-state index contributed by atoms with van der Waals surface area (Å²) in [6, 6.07) is 5.50. The fourth-order valence-electron chi connectivity index (χ4n) is 2.21.